The van der Waals surface area contributed by atoms with Crippen LogP contribution >= 0.6 is 0 Å². The molecule has 0 aliphatic carbocycles. The average molecular weight is 703 g/mol. The molecular weight excluding hydrogens is 675 g/mol. The molecule has 0 amide bonds. The molecule has 4 aromatic carbocycles. The molecule has 6 heteroatoms. The fraction of sp³-hybridized carbons (Fsp3) is 0.118. The summed E-state index contributed by atoms with van der Waals surface area (Å²) in [4.78, 5) is 14.9. The number of imidazole rings is 1. The number of pyridine rings is 1. The van der Waals surface area contributed by atoms with Crippen LogP contribution in [0.15, 0.2) is 103 Å². The molecule has 5 nitrogen and oxygen atoms in total. The molecule has 7 rings (SSSR count). The van der Waals surface area contributed by atoms with E-state index in [4.69, 9.17) is 15.0 Å². The molecule has 7 aromatic rings. The molecule has 0 saturated carbocycles. The van der Waals surface area contributed by atoms with Crippen LogP contribution < -0.4 is 4.98 Å². The standard InChI is InChI=1S/C34H27N4O.Pt/c1-34(2,3)23-19-22-17-18-35-30(22)26(20-23)33-37-32-25(27-16-15-21-9-7-14-29(39)31(21)36-27)12-8-13-28(32)38(33)24-10-5-4-6-11-24;/h4-20H,1-3H3,(H-,35,36,37,39);/q-1;. The second kappa shape index (κ2) is 9.76. The molecule has 40 heavy (non-hydrogen) atoms. The van der Waals surface area contributed by atoms with Crippen LogP contribution in [0, 0.1) is 0 Å². The SMILES string of the molecule is CC(C)(C)c1cc(-c2nc3c(-c4ccc5cccc(O)c5n4)cccc3n2-c2ccccc2)c2[n-]ccc2c1.[Pt]. The summed E-state index contributed by atoms with van der Waals surface area (Å²) in [5, 5.41) is 12.5. The fourth-order valence-corrected chi connectivity index (χ4v) is 5.33. The molecule has 0 spiro atoms. The second-order valence-electron chi connectivity index (χ2n) is 11.0. The van der Waals surface area contributed by atoms with Crippen LogP contribution in [0.2, 0.25) is 0 Å². The van der Waals surface area contributed by atoms with Crippen LogP contribution in [0.1, 0.15) is 26.3 Å². The number of rotatable bonds is 3. The Hall–Kier alpha value is -4.21. The molecule has 1 N–H and O–H groups in total. The van der Waals surface area contributed by atoms with Gasteiger partial charge in [0, 0.05) is 43.3 Å². The van der Waals surface area contributed by atoms with E-state index in [1.54, 1.807) is 6.07 Å². The van der Waals surface area contributed by atoms with Gasteiger partial charge < -0.3 is 10.1 Å². The van der Waals surface area contributed by atoms with E-state index in [0.29, 0.717) is 5.52 Å². The van der Waals surface area contributed by atoms with Gasteiger partial charge in [0.25, 0.3) is 0 Å². The van der Waals surface area contributed by atoms with Crippen molar-refractivity contribution in [2.24, 2.45) is 0 Å². The fourth-order valence-electron chi connectivity index (χ4n) is 5.33. The molecule has 0 atom stereocenters. The zero-order valence-corrected chi connectivity index (χ0v) is 24.6. The van der Waals surface area contributed by atoms with E-state index in [2.05, 4.69) is 61.7 Å². The van der Waals surface area contributed by atoms with Gasteiger partial charge in [-0.3, -0.25) is 4.57 Å². The third-order valence-electron chi connectivity index (χ3n) is 7.38. The third-order valence-corrected chi connectivity index (χ3v) is 7.38. The smallest absolute Gasteiger partial charge is 0.144 e. The Morgan fingerprint density at radius 3 is 2.33 bits per heavy atom. The van der Waals surface area contributed by atoms with Gasteiger partial charge in [-0.05, 0) is 52.8 Å². The maximum Gasteiger partial charge on any atom is 0.144 e. The molecule has 0 bridgehead atoms. The van der Waals surface area contributed by atoms with Crippen molar-refractivity contribution in [3.05, 3.63) is 109 Å². The summed E-state index contributed by atoms with van der Waals surface area (Å²) in [6, 6.07) is 32.5. The van der Waals surface area contributed by atoms with Crippen molar-refractivity contribution in [2.45, 2.75) is 26.2 Å². The molecule has 200 valence electrons. The van der Waals surface area contributed by atoms with Crippen LogP contribution in [0.25, 0.3) is 61.2 Å². The summed E-state index contributed by atoms with van der Waals surface area (Å²) in [6.07, 6.45) is 1.87. The molecule has 0 fully saturated rings. The first-order valence-corrected chi connectivity index (χ1v) is 13.1. The molecule has 3 aromatic heterocycles. The van der Waals surface area contributed by atoms with Crippen LogP contribution in [-0.2, 0) is 26.5 Å². The van der Waals surface area contributed by atoms with Gasteiger partial charge >= 0.3 is 0 Å². The zero-order chi connectivity index (χ0) is 26.7. The van der Waals surface area contributed by atoms with Gasteiger partial charge in [-0.1, -0.05) is 81.4 Å². The molecule has 0 unspecified atom stereocenters. The van der Waals surface area contributed by atoms with Crippen molar-refractivity contribution in [3.8, 4) is 34.1 Å². The van der Waals surface area contributed by atoms with Crippen LogP contribution in [-0.4, -0.2) is 19.6 Å². The van der Waals surface area contributed by atoms with Gasteiger partial charge in [0.15, 0.2) is 0 Å². The monoisotopic (exact) mass is 702 g/mol. The van der Waals surface area contributed by atoms with Gasteiger partial charge in [0.1, 0.15) is 17.1 Å². The number of aromatic nitrogens is 4. The largest absolute Gasteiger partial charge is 0.663 e. The topological polar surface area (TPSA) is 65.0 Å². The Kier molecular flexibility index (Phi) is 6.35. The Morgan fingerprint density at radius 1 is 0.725 bits per heavy atom. The average Bonchev–Trinajstić information content (AvgIpc) is 3.57. The van der Waals surface area contributed by atoms with Crippen LogP contribution in [0.4, 0.5) is 0 Å². The summed E-state index contributed by atoms with van der Waals surface area (Å²) in [7, 11) is 0. The predicted molar refractivity (Wildman–Crippen MR) is 158 cm³/mol. The number of hydrogen-bond acceptors (Lipinski definition) is 3. The summed E-state index contributed by atoms with van der Waals surface area (Å²) < 4.78 is 2.22. The van der Waals surface area contributed by atoms with E-state index < -0.39 is 0 Å². The number of nitrogens with zero attached hydrogens (tertiary/aromatic N) is 4. The summed E-state index contributed by atoms with van der Waals surface area (Å²) in [5.74, 6) is 1.00. The molecule has 0 saturated heterocycles. The van der Waals surface area contributed by atoms with E-state index in [0.717, 1.165) is 55.7 Å². The number of fused-ring (bicyclic) bond motifs is 3. The van der Waals surface area contributed by atoms with E-state index >= 15 is 0 Å². The second-order valence-corrected chi connectivity index (χ2v) is 11.0. The van der Waals surface area contributed by atoms with E-state index in [-0.39, 0.29) is 32.2 Å². The summed E-state index contributed by atoms with van der Waals surface area (Å²) >= 11 is 0. The van der Waals surface area contributed by atoms with Crippen molar-refractivity contribution in [1.29, 1.82) is 0 Å². The molecule has 0 aliphatic rings. The molecule has 0 aliphatic heterocycles. The summed E-state index contributed by atoms with van der Waals surface area (Å²) in [5.41, 5.74) is 8.23. The Morgan fingerprint density at radius 2 is 1.52 bits per heavy atom. The van der Waals surface area contributed by atoms with E-state index in [1.165, 1.54) is 5.56 Å². The number of phenols is 1. The van der Waals surface area contributed by atoms with Crippen molar-refractivity contribution in [3.63, 3.8) is 0 Å². The first-order chi connectivity index (χ1) is 18.9. The summed E-state index contributed by atoms with van der Waals surface area (Å²) in [6.45, 7) is 6.69. The van der Waals surface area contributed by atoms with Crippen molar-refractivity contribution in [2.75, 3.05) is 0 Å². The van der Waals surface area contributed by atoms with Gasteiger partial charge in [0.05, 0.1) is 16.7 Å². The van der Waals surface area contributed by atoms with Crippen LogP contribution in [0.5, 0.6) is 5.75 Å². The van der Waals surface area contributed by atoms with Crippen LogP contribution in [0.3, 0.4) is 0 Å². The number of phenolic OH excluding ortho intramolecular Hbond substituents is 1. The van der Waals surface area contributed by atoms with Gasteiger partial charge in [0.2, 0.25) is 0 Å². The Balaban J connectivity index is 0.00000289. The quantitative estimate of drug-likeness (QED) is 0.203. The van der Waals surface area contributed by atoms with Gasteiger partial charge in [-0.25, -0.2) is 9.97 Å². The van der Waals surface area contributed by atoms with E-state index in [1.807, 2.05) is 60.8 Å². The maximum absolute atomic E-state index is 10.5. The molecular formula is C34H27N4OPt-. The maximum atomic E-state index is 10.5. The van der Waals surface area contributed by atoms with Crippen molar-refractivity contribution >= 4 is 32.8 Å². The Labute approximate surface area is 246 Å². The van der Waals surface area contributed by atoms with Gasteiger partial charge in [-0.15, -0.1) is 5.52 Å². The Bertz CT molecular complexity index is 2020. The minimum absolute atomic E-state index is 0. The van der Waals surface area contributed by atoms with Gasteiger partial charge in [-0.2, -0.15) is 6.20 Å². The predicted octanol–water partition coefficient (Wildman–Crippen LogP) is 8.02. The van der Waals surface area contributed by atoms with E-state index in [9.17, 15) is 5.11 Å². The van der Waals surface area contributed by atoms with Crippen molar-refractivity contribution in [1.82, 2.24) is 19.5 Å². The first-order valence-electron chi connectivity index (χ1n) is 13.1. The molecule has 3 heterocycles. The number of hydrogen-bond donors (Lipinski definition) is 1. The number of para-hydroxylation sites is 3. The minimum atomic E-state index is -0.0357. The third kappa shape index (κ3) is 4.22. The minimum Gasteiger partial charge on any atom is -0.663 e. The number of benzene rings is 4. The first kappa shape index (κ1) is 26.0. The van der Waals surface area contributed by atoms with Crippen molar-refractivity contribution < 1.29 is 26.2 Å². The normalized spacial score (nSPS) is 11.8. The molecule has 0 radical (unpaired) electrons. The number of aromatic hydroxyl groups is 1. The zero-order valence-electron chi connectivity index (χ0n) is 22.4.